The van der Waals surface area contributed by atoms with Gasteiger partial charge in [0, 0.05) is 17.3 Å². The highest BCUT2D eigenvalue weighted by atomic mass is 35.5. The zero-order chi connectivity index (χ0) is 15.9. The summed E-state index contributed by atoms with van der Waals surface area (Å²) >= 11 is 5.80. The third-order valence-corrected chi connectivity index (χ3v) is 3.16. The normalized spacial score (nSPS) is 9.91. The van der Waals surface area contributed by atoms with Crippen molar-refractivity contribution in [1.29, 1.82) is 0 Å². The Morgan fingerprint density at radius 3 is 2.55 bits per heavy atom. The zero-order valence-corrected chi connectivity index (χ0v) is 12.7. The molecule has 0 spiro atoms. The van der Waals surface area contributed by atoms with E-state index in [-0.39, 0.29) is 6.03 Å². The molecule has 2 N–H and O–H groups in total. The lowest BCUT2D eigenvalue weighted by Crippen LogP contribution is -2.28. The lowest BCUT2D eigenvalue weighted by atomic mass is 10.2. The molecular weight excluding hydrogens is 304 g/mol. The van der Waals surface area contributed by atoms with Crippen molar-refractivity contribution in [1.82, 2.24) is 5.32 Å². The van der Waals surface area contributed by atoms with Crippen molar-refractivity contribution >= 4 is 29.3 Å². The highest BCUT2D eigenvalue weighted by molar-refractivity contribution is 6.30. The molecule has 114 valence electrons. The molecule has 0 fully saturated rings. The Kier molecular flexibility index (Phi) is 5.38. The molecule has 0 bridgehead atoms. The topological polar surface area (TPSA) is 67.4 Å². The second-order valence-corrected chi connectivity index (χ2v) is 4.94. The monoisotopic (exact) mass is 318 g/mol. The number of rotatable bonds is 4. The molecule has 0 aromatic heterocycles. The first-order chi connectivity index (χ1) is 10.6. The van der Waals surface area contributed by atoms with Crippen molar-refractivity contribution in [3.05, 3.63) is 64.7 Å². The summed E-state index contributed by atoms with van der Waals surface area (Å²) in [5.74, 6) is -0.453. The number of urea groups is 1. The Balaban J connectivity index is 1.91. The summed E-state index contributed by atoms with van der Waals surface area (Å²) in [5, 5.41) is 6.03. The van der Waals surface area contributed by atoms with Crippen LogP contribution in [0.4, 0.5) is 10.5 Å². The van der Waals surface area contributed by atoms with Crippen LogP contribution in [0.3, 0.4) is 0 Å². The minimum Gasteiger partial charge on any atom is -0.465 e. The highest BCUT2D eigenvalue weighted by Crippen LogP contribution is 2.12. The van der Waals surface area contributed by atoms with Crippen molar-refractivity contribution in [2.45, 2.75) is 6.54 Å². The van der Waals surface area contributed by atoms with E-state index in [4.69, 9.17) is 11.6 Å². The molecule has 0 radical (unpaired) electrons. The quantitative estimate of drug-likeness (QED) is 0.848. The van der Waals surface area contributed by atoms with Gasteiger partial charge in [-0.15, -0.1) is 0 Å². The first kappa shape index (κ1) is 15.9. The number of nitrogens with one attached hydrogen (secondary N) is 2. The molecule has 5 nitrogen and oxygen atoms in total. The van der Waals surface area contributed by atoms with Gasteiger partial charge in [0.15, 0.2) is 0 Å². The van der Waals surface area contributed by atoms with Gasteiger partial charge in [-0.05, 0) is 35.9 Å². The number of halogens is 1. The lowest BCUT2D eigenvalue weighted by Gasteiger charge is -2.09. The van der Waals surface area contributed by atoms with Crippen LogP contribution in [0, 0.1) is 0 Å². The highest BCUT2D eigenvalue weighted by Gasteiger charge is 2.07. The number of hydrogen-bond acceptors (Lipinski definition) is 3. The number of methoxy groups -OCH3 is 1. The van der Waals surface area contributed by atoms with Crippen LogP contribution in [0.1, 0.15) is 15.9 Å². The smallest absolute Gasteiger partial charge is 0.337 e. The van der Waals surface area contributed by atoms with Crippen LogP contribution in [0.2, 0.25) is 5.02 Å². The average Bonchev–Trinajstić information content (AvgIpc) is 2.54. The number of ether oxygens (including phenoxy) is 1. The number of hydrogen-bond donors (Lipinski definition) is 2. The molecule has 0 aliphatic rings. The molecule has 0 saturated carbocycles. The largest absolute Gasteiger partial charge is 0.465 e. The summed E-state index contributed by atoms with van der Waals surface area (Å²) in [6.45, 7) is 0.375. The second-order valence-electron chi connectivity index (χ2n) is 4.51. The third-order valence-electron chi connectivity index (χ3n) is 2.91. The molecule has 0 aliphatic heterocycles. The standard InChI is InChI=1S/C16H15ClN2O3/c1-22-15(20)12-3-2-4-14(9-12)19-16(21)18-10-11-5-7-13(17)8-6-11/h2-9H,10H2,1H3,(H2,18,19,21). The summed E-state index contributed by atoms with van der Waals surface area (Å²) < 4.78 is 4.63. The molecule has 0 unspecified atom stereocenters. The van der Waals surface area contributed by atoms with Crippen LogP contribution in [-0.2, 0) is 11.3 Å². The molecule has 0 saturated heterocycles. The van der Waals surface area contributed by atoms with Gasteiger partial charge in [0.1, 0.15) is 0 Å². The van der Waals surface area contributed by atoms with Gasteiger partial charge in [-0.1, -0.05) is 29.8 Å². The van der Waals surface area contributed by atoms with E-state index in [1.165, 1.54) is 7.11 Å². The first-order valence-corrected chi connectivity index (χ1v) is 6.94. The van der Waals surface area contributed by atoms with E-state index in [1.54, 1.807) is 36.4 Å². The van der Waals surface area contributed by atoms with Gasteiger partial charge in [0.2, 0.25) is 0 Å². The third kappa shape index (κ3) is 4.49. The van der Waals surface area contributed by atoms with Crippen molar-refractivity contribution in [3.8, 4) is 0 Å². The average molecular weight is 319 g/mol. The number of amides is 2. The summed E-state index contributed by atoms with van der Waals surface area (Å²) in [6.07, 6.45) is 0. The van der Waals surface area contributed by atoms with Gasteiger partial charge in [-0.2, -0.15) is 0 Å². The Bertz CT molecular complexity index is 671. The van der Waals surface area contributed by atoms with E-state index in [9.17, 15) is 9.59 Å². The minimum atomic E-state index is -0.453. The Hall–Kier alpha value is -2.53. The second kappa shape index (κ2) is 7.47. The van der Waals surface area contributed by atoms with Crippen LogP contribution in [-0.4, -0.2) is 19.1 Å². The molecule has 2 rings (SSSR count). The molecule has 2 amide bonds. The summed E-state index contributed by atoms with van der Waals surface area (Å²) in [5.41, 5.74) is 1.82. The van der Waals surface area contributed by atoms with E-state index >= 15 is 0 Å². The van der Waals surface area contributed by atoms with Crippen molar-refractivity contribution in [3.63, 3.8) is 0 Å². The van der Waals surface area contributed by atoms with E-state index < -0.39 is 5.97 Å². The SMILES string of the molecule is COC(=O)c1cccc(NC(=O)NCc2ccc(Cl)cc2)c1. The number of benzene rings is 2. The predicted octanol–water partition coefficient (Wildman–Crippen LogP) is 3.45. The minimum absolute atomic E-state index is 0.364. The Labute approximate surface area is 133 Å². The maximum absolute atomic E-state index is 11.8. The lowest BCUT2D eigenvalue weighted by molar-refractivity contribution is 0.0600. The van der Waals surface area contributed by atoms with Gasteiger partial charge < -0.3 is 15.4 Å². The zero-order valence-electron chi connectivity index (χ0n) is 11.9. The molecular formula is C16H15ClN2O3. The van der Waals surface area contributed by atoms with E-state index in [0.717, 1.165) is 5.56 Å². The fourth-order valence-electron chi connectivity index (χ4n) is 1.80. The molecule has 2 aromatic carbocycles. The summed E-state index contributed by atoms with van der Waals surface area (Å²) in [7, 11) is 1.31. The van der Waals surface area contributed by atoms with Crippen molar-refractivity contribution in [2.75, 3.05) is 12.4 Å². The van der Waals surface area contributed by atoms with Gasteiger partial charge in [0.25, 0.3) is 0 Å². The van der Waals surface area contributed by atoms with Crippen molar-refractivity contribution in [2.24, 2.45) is 0 Å². The first-order valence-electron chi connectivity index (χ1n) is 6.56. The predicted molar refractivity (Wildman–Crippen MR) is 85.1 cm³/mol. The van der Waals surface area contributed by atoms with Crippen LogP contribution in [0.15, 0.2) is 48.5 Å². The maximum atomic E-state index is 11.8. The van der Waals surface area contributed by atoms with Gasteiger partial charge in [-0.25, -0.2) is 9.59 Å². The van der Waals surface area contributed by atoms with Gasteiger partial charge in [-0.3, -0.25) is 0 Å². The number of anilines is 1. The summed E-state index contributed by atoms with van der Waals surface area (Å²) in [4.78, 5) is 23.3. The molecule has 6 heteroatoms. The van der Waals surface area contributed by atoms with E-state index in [2.05, 4.69) is 15.4 Å². The van der Waals surface area contributed by atoms with Crippen LogP contribution in [0.5, 0.6) is 0 Å². The van der Waals surface area contributed by atoms with E-state index in [0.29, 0.717) is 22.8 Å². The molecule has 0 atom stereocenters. The molecule has 22 heavy (non-hydrogen) atoms. The van der Waals surface area contributed by atoms with Gasteiger partial charge >= 0.3 is 12.0 Å². The summed E-state index contributed by atoms with van der Waals surface area (Å²) in [6, 6.07) is 13.3. The number of esters is 1. The number of carbonyl (C=O) groups excluding carboxylic acids is 2. The fourth-order valence-corrected chi connectivity index (χ4v) is 1.93. The van der Waals surface area contributed by atoms with Crippen LogP contribution < -0.4 is 10.6 Å². The fraction of sp³-hybridized carbons (Fsp3) is 0.125. The maximum Gasteiger partial charge on any atom is 0.337 e. The van der Waals surface area contributed by atoms with Crippen LogP contribution in [0.25, 0.3) is 0 Å². The molecule has 2 aromatic rings. The van der Waals surface area contributed by atoms with Crippen molar-refractivity contribution < 1.29 is 14.3 Å². The molecule has 0 aliphatic carbocycles. The van der Waals surface area contributed by atoms with Crippen LogP contribution >= 0.6 is 11.6 Å². The number of carbonyl (C=O) groups is 2. The Morgan fingerprint density at radius 1 is 1.14 bits per heavy atom. The Morgan fingerprint density at radius 2 is 1.86 bits per heavy atom. The van der Waals surface area contributed by atoms with E-state index in [1.807, 2.05) is 12.1 Å². The van der Waals surface area contributed by atoms with Gasteiger partial charge in [0.05, 0.1) is 12.7 Å². The molecule has 0 heterocycles.